The summed E-state index contributed by atoms with van der Waals surface area (Å²) < 4.78 is 0. The van der Waals surface area contributed by atoms with Gasteiger partial charge in [-0.05, 0) is 18.8 Å². The van der Waals surface area contributed by atoms with Crippen molar-refractivity contribution in [2.45, 2.75) is 25.7 Å². The first-order valence-electron chi connectivity index (χ1n) is 7.25. The number of nitro benzene ring substituents is 1. The predicted molar refractivity (Wildman–Crippen MR) is 79.9 cm³/mol. The molecule has 7 nitrogen and oxygen atoms in total. The maximum absolute atomic E-state index is 12.3. The Kier molecular flexibility index (Phi) is 5.08. The molecular weight excluding hydrogens is 286 g/mol. The van der Waals surface area contributed by atoms with Crippen LogP contribution in [-0.4, -0.2) is 34.7 Å². The van der Waals surface area contributed by atoms with Gasteiger partial charge in [0.05, 0.1) is 11.3 Å². The Morgan fingerprint density at radius 2 is 1.91 bits per heavy atom. The standard InChI is InChI=1S/C15H19N3O4/c16-14(19)9-11-5-7-17(8-6-11)15(20)10-12-3-1-2-4-13(12)18(21)22/h1-4,11H,5-10H2,(H2,16,19). The molecule has 1 aromatic carbocycles. The minimum absolute atomic E-state index is 0.0254. The second-order valence-electron chi connectivity index (χ2n) is 5.56. The van der Waals surface area contributed by atoms with E-state index in [9.17, 15) is 19.7 Å². The van der Waals surface area contributed by atoms with Gasteiger partial charge in [-0.1, -0.05) is 18.2 Å². The number of para-hydroxylation sites is 1. The van der Waals surface area contributed by atoms with Crippen LogP contribution in [-0.2, 0) is 16.0 Å². The van der Waals surface area contributed by atoms with Crippen LogP contribution in [0.5, 0.6) is 0 Å². The quantitative estimate of drug-likeness (QED) is 0.652. The third-order valence-electron chi connectivity index (χ3n) is 3.99. The maximum atomic E-state index is 12.3. The molecule has 2 rings (SSSR count). The summed E-state index contributed by atoms with van der Waals surface area (Å²) in [6, 6.07) is 6.29. The number of nitro groups is 1. The molecule has 1 saturated heterocycles. The van der Waals surface area contributed by atoms with Crippen molar-refractivity contribution < 1.29 is 14.5 Å². The third kappa shape index (κ3) is 4.03. The van der Waals surface area contributed by atoms with Crippen LogP contribution < -0.4 is 5.73 Å². The topological polar surface area (TPSA) is 107 Å². The van der Waals surface area contributed by atoms with Gasteiger partial charge in [0, 0.05) is 31.1 Å². The molecular formula is C15H19N3O4. The van der Waals surface area contributed by atoms with Crippen LogP contribution in [0.25, 0.3) is 0 Å². The number of hydrogen-bond acceptors (Lipinski definition) is 4. The Morgan fingerprint density at radius 3 is 2.50 bits per heavy atom. The molecule has 1 fully saturated rings. The Bertz CT molecular complexity index is 580. The fraction of sp³-hybridized carbons (Fsp3) is 0.467. The van der Waals surface area contributed by atoms with Gasteiger partial charge in [-0.25, -0.2) is 0 Å². The maximum Gasteiger partial charge on any atom is 0.273 e. The first kappa shape index (κ1) is 15.9. The average Bonchev–Trinajstić information content (AvgIpc) is 2.47. The first-order chi connectivity index (χ1) is 10.5. The third-order valence-corrected chi connectivity index (χ3v) is 3.99. The Hall–Kier alpha value is -2.44. The summed E-state index contributed by atoms with van der Waals surface area (Å²) in [4.78, 5) is 35.4. The summed E-state index contributed by atoms with van der Waals surface area (Å²) >= 11 is 0. The number of carbonyl (C=O) groups excluding carboxylic acids is 2. The van der Waals surface area contributed by atoms with E-state index in [-0.39, 0.29) is 29.8 Å². The minimum atomic E-state index is -0.471. The van der Waals surface area contributed by atoms with Crippen LogP contribution >= 0.6 is 0 Å². The first-order valence-corrected chi connectivity index (χ1v) is 7.25. The van der Waals surface area contributed by atoms with Crippen molar-refractivity contribution in [3.8, 4) is 0 Å². The van der Waals surface area contributed by atoms with E-state index in [0.29, 0.717) is 25.1 Å². The second kappa shape index (κ2) is 7.02. The van der Waals surface area contributed by atoms with E-state index in [2.05, 4.69) is 0 Å². The lowest BCUT2D eigenvalue weighted by atomic mass is 9.93. The molecule has 0 spiro atoms. The fourth-order valence-electron chi connectivity index (χ4n) is 2.78. The van der Waals surface area contributed by atoms with Crippen molar-refractivity contribution in [2.24, 2.45) is 11.7 Å². The zero-order chi connectivity index (χ0) is 16.1. The summed E-state index contributed by atoms with van der Waals surface area (Å²) in [6.45, 7) is 1.13. The smallest absolute Gasteiger partial charge is 0.273 e. The molecule has 0 unspecified atom stereocenters. The minimum Gasteiger partial charge on any atom is -0.370 e. The zero-order valence-corrected chi connectivity index (χ0v) is 12.2. The van der Waals surface area contributed by atoms with Crippen molar-refractivity contribution >= 4 is 17.5 Å². The van der Waals surface area contributed by atoms with E-state index in [4.69, 9.17) is 5.73 Å². The number of hydrogen-bond donors (Lipinski definition) is 1. The molecule has 7 heteroatoms. The number of carbonyl (C=O) groups is 2. The molecule has 2 N–H and O–H groups in total. The van der Waals surface area contributed by atoms with Crippen molar-refractivity contribution in [3.63, 3.8) is 0 Å². The molecule has 0 radical (unpaired) electrons. The van der Waals surface area contributed by atoms with Gasteiger partial charge in [-0.3, -0.25) is 19.7 Å². The van der Waals surface area contributed by atoms with Gasteiger partial charge in [-0.15, -0.1) is 0 Å². The van der Waals surface area contributed by atoms with Crippen molar-refractivity contribution in [1.29, 1.82) is 0 Å². The van der Waals surface area contributed by atoms with E-state index in [1.54, 1.807) is 23.1 Å². The molecule has 1 aromatic rings. The highest BCUT2D eigenvalue weighted by molar-refractivity contribution is 5.80. The highest BCUT2D eigenvalue weighted by atomic mass is 16.6. The molecule has 2 amide bonds. The molecule has 1 aliphatic heterocycles. The number of amides is 2. The summed E-state index contributed by atoms with van der Waals surface area (Å²) in [6.07, 6.45) is 1.86. The summed E-state index contributed by atoms with van der Waals surface area (Å²) in [5.41, 5.74) is 5.58. The largest absolute Gasteiger partial charge is 0.370 e. The molecule has 1 aliphatic rings. The van der Waals surface area contributed by atoms with Gasteiger partial charge in [0.1, 0.15) is 0 Å². The molecule has 22 heavy (non-hydrogen) atoms. The van der Waals surface area contributed by atoms with E-state index in [1.165, 1.54) is 6.07 Å². The van der Waals surface area contributed by atoms with Gasteiger partial charge >= 0.3 is 0 Å². The van der Waals surface area contributed by atoms with Gasteiger partial charge in [0.15, 0.2) is 0 Å². The van der Waals surface area contributed by atoms with Crippen LogP contribution in [0.3, 0.4) is 0 Å². The van der Waals surface area contributed by atoms with Crippen molar-refractivity contribution in [3.05, 3.63) is 39.9 Å². The molecule has 1 heterocycles. The van der Waals surface area contributed by atoms with E-state index < -0.39 is 4.92 Å². The summed E-state index contributed by atoms with van der Waals surface area (Å²) in [5, 5.41) is 11.0. The monoisotopic (exact) mass is 305 g/mol. The van der Waals surface area contributed by atoms with Crippen LogP contribution in [0.4, 0.5) is 5.69 Å². The number of rotatable bonds is 5. The molecule has 0 aromatic heterocycles. The lowest BCUT2D eigenvalue weighted by molar-refractivity contribution is -0.385. The van der Waals surface area contributed by atoms with Gasteiger partial charge in [0.25, 0.3) is 5.69 Å². The number of likely N-dealkylation sites (tertiary alicyclic amines) is 1. The number of nitrogens with zero attached hydrogens (tertiary/aromatic N) is 2. The van der Waals surface area contributed by atoms with Crippen LogP contribution in [0, 0.1) is 16.0 Å². The number of benzene rings is 1. The zero-order valence-electron chi connectivity index (χ0n) is 12.2. The highest BCUT2D eigenvalue weighted by Gasteiger charge is 2.25. The average molecular weight is 305 g/mol. The Morgan fingerprint density at radius 1 is 1.27 bits per heavy atom. The number of nitrogens with two attached hydrogens (primary N) is 1. The lowest BCUT2D eigenvalue weighted by Gasteiger charge is -2.31. The van der Waals surface area contributed by atoms with E-state index in [0.717, 1.165) is 12.8 Å². The van der Waals surface area contributed by atoms with Gasteiger partial charge in [0.2, 0.25) is 11.8 Å². The summed E-state index contributed by atoms with van der Waals surface area (Å²) in [7, 11) is 0. The van der Waals surface area contributed by atoms with Crippen molar-refractivity contribution in [2.75, 3.05) is 13.1 Å². The van der Waals surface area contributed by atoms with E-state index in [1.807, 2.05) is 0 Å². The number of primary amides is 1. The highest BCUT2D eigenvalue weighted by Crippen LogP contribution is 2.23. The Balaban J connectivity index is 1.94. The predicted octanol–water partition coefficient (Wildman–Crippen LogP) is 1.25. The van der Waals surface area contributed by atoms with Crippen LogP contribution in [0.15, 0.2) is 24.3 Å². The molecule has 0 aliphatic carbocycles. The molecule has 0 saturated carbocycles. The van der Waals surface area contributed by atoms with E-state index >= 15 is 0 Å². The normalized spacial score (nSPS) is 15.5. The SMILES string of the molecule is NC(=O)CC1CCN(C(=O)Cc2ccccc2[N+](=O)[O-])CC1. The van der Waals surface area contributed by atoms with Crippen molar-refractivity contribution in [1.82, 2.24) is 4.90 Å². The summed E-state index contributed by atoms with van der Waals surface area (Å²) in [5.74, 6) is -0.205. The van der Waals surface area contributed by atoms with Gasteiger partial charge < -0.3 is 10.6 Å². The Labute approximate surface area is 128 Å². The van der Waals surface area contributed by atoms with Crippen LogP contribution in [0.2, 0.25) is 0 Å². The van der Waals surface area contributed by atoms with Crippen LogP contribution in [0.1, 0.15) is 24.8 Å². The fourth-order valence-corrected chi connectivity index (χ4v) is 2.78. The number of piperidine rings is 1. The second-order valence-corrected chi connectivity index (χ2v) is 5.56. The molecule has 0 bridgehead atoms. The molecule has 118 valence electrons. The van der Waals surface area contributed by atoms with Gasteiger partial charge in [-0.2, -0.15) is 0 Å². The molecule has 0 atom stereocenters. The lowest BCUT2D eigenvalue weighted by Crippen LogP contribution is -2.40.